The number of nitriles is 1. The molecule has 0 saturated heterocycles. The number of carbonyl (C=O) groups is 1. The zero-order valence-electron chi connectivity index (χ0n) is 9.93. The van der Waals surface area contributed by atoms with E-state index in [4.69, 9.17) is 6.42 Å². The molecule has 1 heterocycles. The van der Waals surface area contributed by atoms with E-state index in [-0.39, 0.29) is 16.4 Å². The Kier molecular flexibility index (Phi) is 2.15. The Morgan fingerprint density at radius 3 is 2.89 bits per heavy atom. The summed E-state index contributed by atoms with van der Waals surface area (Å²) in [6.45, 7) is 1.97. The van der Waals surface area contributed by atoms with Gasteiger partial charge in [-0.1, -0.05) is 24.1 Å². The van der Waals surface area contributed by atoms with Crippen molar-refractivity contribution in [3.8, 4) is 18.4 Å². The van der Waals surface area contributed by atoms with Crippen molar-refractivity contribution in [2.75, 3.05) is 0 Å². The molecular formula is C15H11NOS. The van der Waals surface area contributed by atoms with Crippen LogP contribution in [0, 0.1) is 34.5 Å². The summed E-state index contributed by atoms with van der Waals surface area (Å²) in [5.74, 6) is 2.62. The van der Waals surface area contributed by atoms with Crippen molar-refractivity contribution < 1.29 is 4.79 Å². The molecule has 18 heavy (non-hydrogen) atoms. The van der Waals surface area contributed by atoms with Crippen LogP contribution in [0.15, 0.2) is 29.2 Å². The molecule has 0 aromatic heterocycles. The first-order chi connectivity index (χ1) is 8.57. The van der Waals surface area contributed by atoms with Crippen LogP contribution in [0.2, 0.25) is 0 Å². The molecule has 0 bridgehead atoms. The summed E-state index contributed by atoms with van der Waals surface area (Å²) in [7, 11) is 0. The Balaban J connectivity index is 2.24. The lowest BCUT2D eigenvalue weighted by Gasteiger charge is -2.56. The summed E-state index contributed by atoms with van der Waals surface area (Å²) in [6, 6.07) is 9.99. The summed E-state index contributed by atoms with van der Waals surface area (Å²) in [6.07, 6.45) is 6.08. The molecule has 3 heteroatoms. The van der Waals surface area contributed by atoms with E-state index >= 15 is 0 Å². The molecule has 1 aliphatic carbocycles. The molecule has 0 N–H and O–H groups in total. The fourth-order valence-corrected chi connectivity index (χ4v) is 4.35. The number of fused-ring (bicyclic) bond motifs is 3. The second-order valence-corrected chi connectivity index (χ2v) is 6.20. The van der Waals surface area contributed by atoms with Crippen LogP contribution in [0.1, 0.15) is 24.8 Å². The van der Waals surface area contributed by atoms with Crippen LogP contribution >= 0.6 is 11.8 Å². The van der Waals surface area contributed by atoms with Gasteiger partial charge in [0.25, 0.3) is 0 Å². The lowest BCUT2D eigenvalue weighted by Crippen LogP contribution is -2.56. The molecular weight excluding hydrogens is 242 g/mol. The number of thioether (sulfide) groups is 1. The van der Waals surface area contributed by atoms with Crippen LogP contribution in [0.4, 0.5) is 0 Å². The maximum absolute atomic E-state index is 12.2. The molecule has 3 rings (SSSR count). The molecule has 1 aromatic carbocycles. The molecule has 1 fully saturated rings. The highest BCUT2D eigenvalue weighted by molar-refractivity contribution is 8.14. The SMILES string of the molecule is C#C[C@]1(C)C[C@]2(C#N)C(=O)Sc3ccccc3[C@H]12. The Morgan fingerprint density at radius 1 is 1.50 bits per heavy atom. The minimum Gasteiger partial charge on any atom is -0.285 e. The van der Waals surface area contributed by atoms with Gasteiger partial charge in [0.15, 0.2) is 0 Å². The van der Waals surface area contributed by atoms with Gasteiger partial charge in [-0.3, -0.25) is 4.79 Å². The average Bonchev–Trinajstić information content (AvgIpc) is 2.37. The summed E-state index contributed by atoms with van der Waals surface area (Å²) >= 11 is 1.18. The average molecular weight is 253 g/mol. The van der Waals surface area contributed by atoms with Crippen molar-refractivity contribution in [3.05, 3.63) is 29.8 Å². The third kappa shape index (κ3) is 1.13. The van der Waals surface area contributed by atoms with Gasteiger partial charge >= 0.3 is 0 Å². The van der Waals surface area contributed by atoms with Crippen LogP contribution in [-0.2, 0) is 4.79 Å². The molecule has 1 aliphatic heterocycles. The highest BCUT2D eigenvalue weighted by atomic mass is 32.2. The van der Waals surface area contributed by atoms with Gasteiger partial charge in [0.2, 0.25) is 5.12 Å². The van der Waals surface area contributed by atoms with Gasteiger partial charge in [0.1, 0.15) is 5.41 Å². The molecule has 0 spiro atoms. The van der Waals surface area contributed by atoms with E-state index in [2.05, 4.69) is 12.0 Å². The zero-order valence-corrected chi connectivity index (χ0v) is 10.8. The Morgan fingerprint density at radius 2 is 2.22 bits per heavy atom. The summed E-state index contributed by atoms with van der Waals surface area (Å²) < 4.78 is 0. The summed E-state index contributed by atoms with van der Waals surface area (Å²) in [5, 5.41) is 9.39. The molecule has 0 amide bonds. The number of benzene rings is 1. The van der Waals surface area contributed by atoms with Crippen molar-refractivity contribution in [2.45, 2.75) is 24.2 Å². The van der Waals surface area contributed by atoms with Crippen LogP contribution < -0.4 is 0 Å². The van der Waals surface area contributed by atoms with E-state index in [0.717, 1.165) is 10.5 Å². The number of carbonyl (C=O) groups excluding carboxylic acids is 1. The molecule has 1 aromatic rings. The molecule has 1 saturated carbocycles. The third-order valence-electron chi connectivity index (χ3n) is 4.10. The number of hydrogen-bond acceptors (Lipinski definition) is 3. The third-order valence-corrected chi connectivity index (χ3v) is 5.24. The normalized spacial score (nSPS) is 36.6. The van der Waals surface area contributed by atoms with Crippen LogP contribution in [-0.4, -0.2) is 5.12 Å². The first kappa shape index (κ1) is 11.4. The Hall–Kier alpha value is -1.71. The van der Waals surface area contributed by atoms with E-state index in [1.807, 2.05) is 31.2 Å². The molecule has 2 aliphatic rings. The van der Waals surface area contributed by atoms with E-state index < -0.39 is 5.41 Å². The minimum absolute atomic E-state index is 0.0542. The maximum Gasteiger partial charge on any atom is 0.214 e. The predicted molar refractivity (Wildman–Crippen MR) is 69.7 cm³/mol. The van der Waals surface area contributed by atoms with Gasteiger partial charge in [-0.05, 0) is 36.7 Å². The number of hydrogen-bond donors (Lipinski definition) is 0. The zero-order chi connectivity index (χ0) is 13.0. The summed E-state index contributed by atoms with van der Waals surface area (Å²) in [4.78, 5) is 13.2. The van der Waals surface area contributed by atoms with Crippen LogP contribution in [0.25, 0.3) is 0 Å². The minimum atomic E-state index is -0.917. The van der Waals surface area contributed by atoms with Crippen LogP contribution in [0.3, 0.4) is 0 Å². The van der Waals surface area contributed by atoms with Crippen molar-refractivity contribution in [3.63, 3.8) is 0 Å². The van der Waals surface area contributed by atoms with Crippen molar-refractivity contribution in [2.24, 2.45) is 10.8 Å². The number of terminal acetylenes is 1. The maximum atomic E-state index is 12.2. The van der Waals surface area contributed by atoms with Crippen LogP contribution in [0.5, 0.6) is 0 Å². The van der Waals surface area contributed by atoms with Gasteiger partial charge in [0, 0.05) is 16.2 Å². The van der Waals surface area contributed by atoms with E-state index in [0.29, 0.717) is 6.42 Å². The second kappa shape index (κ2) is 3.40. The highest BCUT2D eigenvalue weighted by Gasteiger charge is 2.67. The topological polar surface area (TPSA) is 40.9 Å². The summed E-state index contributed by atoms with van der Waals surface area (Å²) in [5.41, 5.74) is -0.252. The van der Waals surface area contributed by atoms with E-state index in [1.54, 1.807) is 0 Å². The number of rotatable bonds is 0. The largest absolute Gasteiger partial charge is 0.285 e. The second-order valence-electron chi connectivity index (χ2n) is 5.18. The van der Waals surface area contributed by atoms with Crippen molar-refractivity contribution >= 4 is 16.9 Å². The fourth-order valence-electron chi connectivity index (χ4n) is 3.28. The highest BCUT2D eigenvalue weighted by Crippen LogP contribution is 2.69. The molecule has 0 unspecified atom stereocenters. The Labute approximate surface area is 110 Å². The van der Waals surface area contributed by atoms with Crippen molar-refractivity contribution in [1.29, 1.82) is 5.26 Å². The molecule has 2 nitrogen and oxygen atoms in total. The molecule has 88 valence electrons. The van der Waals surface area contributed by atoms with Gasteiger partial charge in [-0.2, -0.15) is 5.26 Å². The standard InChI is InChI=1S/C15H11NOS/c1-3-14(2)8-15(9-16)12(14)10-6-4-5-7-11(10)18-13(15)17/h1,4-7,12H,8H2,2H3/t12-,14-,15-/m1/s1. The first-order valence-electron chi connectivity index (χ1n) is 5.78. The van der Waals surface area contributed by atoms with Gasteiger partial charge in [-0.25, -0.2) is 0 Å². The first-order valence-corrected chi connectivity index (χ1v) is 6.59. The van der Waals surface area contributed by atoms with Crippen molar-refractivity contribution in [1.82, 2.24) is 0 Å². The Bertz CT molecular complexity index is 639. The quantitative estimate of drug-likeness (QED) is 0.667. The lowest BCUT2D eigenvalue weighted by atomic mass is 9.45. The van der Waals surface area contributed by atoms with Gasteiger partial charge in [0.05, 0.1) is 6.07 Å². The van der Waals surface area contributed by atoms with Gasteiger partial charge < -0.3 is 0 Å². The van der Waals surface area contributed by atoms with Gasteiger partial charge in [-0.15, -0.1) is 6.42 Å². The molecule has 3 atom stereocenters. The smallest absolute Gasteiger partial charge is 0.214 e. The lowest BCUT2D eigenvalue weighted by molar-refractivity contribution is -0.128. The van der Waals surface area contributed by atoms with E-state index in [9.17, 15) is 10.1 Å². The van der Waals surface area contributed by atoms with E-state index in [1.165, 1.54) is 11.8 Å². The monoisotopic (exact) mass is 253 g/mol. The molecule has 0 radical (unpaired) electrons. The number of nitrogens with zero attached hydrogens (tertiary/aromatic N) is 1. The fraction of sp³-hybridized carbons (Fsp3) is 0.333. The predicted octanol–water partition coefficient (Wildman–Crippen LogP) is 2.96.